The summed E-state index contributed by atoms with van der Waals surface area (Å²) >= 11 is 0. The summed E-state index contributed by atoms with van der Waals surface area (Å²) in [6, 6.07) is 0.950. The lowest BCUT2D eigenvalue weighted by atomic mass is 10.2. The van der Waals surface area contributed by atoms with E-state index in [9.17, 15) is 4.79 Å². The van der Waals surface area contributed by atoms with Crippen LogP contribution in [0.25, 0.3) is 0 Å². The van der Waals surface area contributed by atoms with Crippen LogP contribution in [0.5, 0.6) is 0 Å². The van der Waals surface area contributed by atoms with Gasteiger partial charge in [-0.3, -0.25) is 9.79 Å². The third-order valence-corrected chi connectivity index (χ3v) is 1.96. The largest absolute Gasteiger partial charge is 0.421 e. The average molecular weight is 185 g/mol. The molecule has 0 saturated heterocycles. The number of hydrogen-bond donors (Lipinski definition) is 0. The predicted octanol–water partition coefficient (Wildman–Crippen LogP) is 1.11. The van der Waals surface area contributed by atoms with E-state index in [0.717, 1.165) is 18.3 Å². The third-order valence-electron chi connectivity index (χ3n) is 1.24. The highest BCUT2D eigenvalue weighted by Gasteiger charge is 1.95. The van der Waals surface area contributed by atoms with Gasteiger partial charge in [-0.25, -0.2) is 0 Å². The van der Waals surface area contributed by atoms with Gasteiger partial charge in [0.05, 0.1) is 0 Å². The highest BCUT2D eigenvalue weighted by molar-refractivity contribution is 6.27. The second-order valence-corrected chi connectivity index (χ2v) is 3.79. The number of carbonyl (C=O) groups excluding carboxylic acids is 1. The summed E-state index contributed by atoms with van der Waals surface area (Å²) in [7, 11) is 2.20. The summed E-state index contributed by atoms with van der Waals surface area (Å²) in [6.07, 6.45) is 0.482. The number of hydrogen-bond acceptors (Lipinski definition) is 3. The molecule has 0 amide bonds. The lowest BCUT2D eigenvalue weighted by Crippen LogP contribution is -2.02. The first kappa shape index (κ1) is 11.5. The number of aliphatic imine (C=N–C) groups is 1. The molecule has 0 N–H and O–H groups in total. The summed E-state index contributed by atoms with van der Waals surface area (Å²) in [5.41, 5.74) is 0.920. The van der Waals surface area contributed by atoms with Crippen LogP contribution in [-0.2, 0) is 9.22 Å². The maximum absolute atomic E-state index is 10.6. The van der Waals surface area contributed by atoms with Crippen molar-refractivity contribution in [2.24, 2.45) is 4.99 Å². The molecule has 0 atom stereocenters. The molecule has 0 unspecified atom stereocenters. The summed E-state index contributed by atoms with van der Waals surface area (Å²) < 4.78 is 4.90. The van der Waals surface area contributed by atoms with Crippen molar-refractivity contribution in [3.05, 3.63) is 0 Å². The van der Waals surface area contributed by atoms with Crippen LogP contribution in [-0.4, -0.2) is 34.9 Å². The monoisotopic (exact) mass is 185 g/mol. The van der Waals surface area contributed by atoms with Crippen LogP contribution in [0.1, 0.15) is 20.3 Å². The van der Waals surface area contributed by atoms with Crippen LogP contribution in [0.4, 0.5) is 0 Å². The molecule has 0 bridgehead atoms. The fraction of sp³-hybridized carbons (Fsp3) is 0.750. The maximum Gasteiger partial charge on any atom is 0.230 e. The van der Waals surface area contributed by atoms with E-state index in [4.69, 9.17) is 4.43 Å². The van der Waals surface area contributed by atoms with Gasteiger partial charge in [0.1, 0.15) is 5.78 Å². The molecule has 68 valence electrons. The van der Waals surface area contributed by atoms with Crippen molar-refractivity contribution in [2.75, 3.05) is 13.7 Å². The van der Waals surface area contributed by atoms with Gasteiger partial charge >= 0.3 is 0 Å². The van der Waals surface area contributed by atoms with Gasteiger partial charge in [-0.2, -0.15) is 0 Å². The molecule has 4 heteroatoms. The molecular formula is C8H15NO2Si. The van der Waals surface area contributed by atoms with Crippen LogP contribution in [0, 0.1) is 0 Å². The molecule has 0 saturated carbocycles. The van der Waals surface area contributed by atoms with Crippen molar-refractivity contribution in [2.45, 2.75) is 26.3 Å². The Bertz CT molecular complexity index is 168. The Hall–Kier alpha value is -0.483. The highest BCUT2D eigenvalue weighted by Crippen LogP contribution is 1.90. The summed E-state index contributed by atoms with van der Waals surface area (Å²) in [6.45, 7) is 4.23. The Kier molecular flexibility index (Phi) is 6.89. The van der Waals surface area contributed by atoms with Crippen molar-refractivity contribution in [3.63, 3.8) is 0 Å². The first-order valence-electron chi connectivity index (χ1n) is 3.92. The standard InChI is InChI=1S/C8H15NO2Si/c1-7(6-8(2)10)9-4-5-12-11-3/h4-6H2,1-3H3. The molecule has 0 aliphatic heterocycles. The SMILES string of the molecule is CO[Si]CCN=C(C)CC(C)=O. The minimum absolute atomic E-state index is 0.172. The summed E-state index contributed by atoms with van der Waals surface area (Å²) in [5, 5.41) is 0. The third kappa shape index (κ3) is 7.62. The molecular weight excluding hydrogens is 170 g/mol. The van der Waals surface area contributed by atoms with E-state index in [1.807, 2.05) is 6.92 Å². The molecule has 0 aliphatic carbocycles. The molecule has 0 aromatic carbocycles. The zero-order valence-corrected chi connectivity index (χ0v) is 8.89. The second kappa shape index (κ2) is 7.18. The van der Waals surface area contributed by atoms with Gasteiger partial charge in [-0.1, -0.05) is 0 Å². The highest BCUT2D eigenvalue weighted by atomic mass is 28.2. The minimum atomic E-state index is 0.172. The Labute approximate surface area is 76.2 Å². The van der Waals surface area contributed by atoms with Gasteiger partial charge in [-0.15, -0.1) is 0 Å². The molecule has 0 aromatic heterocycles. The minimum Gasteiger partial charge on any atom is -0.421 e. The number of rotatable bonds is 6. The fourth-order valence-electron chi connectivity index (χ4n) is 0.811. The lowest BCUT2D eigenvalue weighted by Gasteiger charge is -1.96. The molecule has 12 heavy (non-hydrogen) atoms. The molecule has 3 nitrogen and oxygen atoms in total. The molecule has 0 aliphatic rings. The van der Waals surface area contributed by atoms with Crippen LogP contribution in [0.3, 0.4) is 0 Å². The Morgan fingerprint density at radius 2 is 2.17 bits per heavy atom. The first-order chi connectivity index (χ1) is 5.66. The Balaban J connectivity index is 3.48. The Morgan fingerprint density at radius 3 is 2.67 bits per heavy atom. The zero-order chi connectivity index (χ0) is 9.40. The van der Waals surface area contributed by atoms with Crippen molar-refractivity contribution >= 4 is 21.3 Å². The molecule has 0 spiro atoms. The molecule has 0 heterocycles. The van der Waals surface area contributed by atoms with Crippen LogP contribution < -0.4 is 0 Å². The number of ketones is 1. The van der Waals surface area contributed by atoms with Crippen LogP contribution in [0.2, 0.25) is 6.04 Å². The predicted molar refractivity (Wildman–Crippen MR) is 50.8 cm³/mol. The summed E-state index contributed by atoms with van der Waals surface area (Å²) in [4.78, 5) is 14.9. The second-order valence-electron chi connectivity index (χ2n) is 2.59. The maximum atomic E-state index is 10.6. The Morgan fingerprint density at radius 1 is 1.50 bits per heavy atom. The van der Waals surface area contributed by atoms with Crippen molar-refractivity contribution in [1.82, 2.24) is 0 Å². The topological polar surface area (TPSA) is 38.7 Å². The number of nitrogens with zero attached hydrogens (tertiary/aromatic N) is 1. The van der Waals surface area contributed by atoms with Gasteiger partial charge in [-0.05, 0) is 19.9 Å². The molecule has 0 rings (SSSR count). The van der Waals surface area contributed by atoms with E-state index in [0.29, 0.717) is 16.2 Å². The smallest absolute Gasteiger partial charge is 0.230 e. The van der Waals surface area contributed by atoms with Crippen LogP contribution in [0.15, 0.2) is 4.99 Å². The van der Waals surface area contributed by atoms with Gasteiger partial charge < -0.3 is 4.43 Å². The van der Waals surface area contributed by atoms with Gasteiger partial charge in [0.15, 0.2) is 0 Å². The van der Waals surface area contributed by atoms with Gasteiger partial charge in [0.25, 0.3) is 0 Å². The molecule has 0 fully saturated rings. The first-order valence-corrected chi connectivity index (χ1v) is 5.03. The zero-order valence-electron chi connectivity index (χ0n) is 7.89. The average Bonchev–Trinajstić information content (AvgIpc) is 1.97. The van der Waals surface area contributed by atoms with Crippen molar-refractivity contribution in [3.8, 4) is 0 Å². The van der Waals surface area contributed by atoms with Crippen molar-refractivity contribution < 1.29 is 9.22 Å². The van der Waals surface area contributed by atoms with E-state index in [1.165, 1.54) is 0 Å². The van der Waals surface area contributed by atoms with E-state index < -0.39 is 0 Å². The van der Waals surface area contributed by atoms with Crippen LogP contribution >= 0.6 is 0 Å². The van der Waals surface area contributed by atoms with Crippen molar-refractivity contribution in [1.29, 1.82) is 0 Å². The number of Topliss-reactive ketones (excluding diaryl/α,β-unsaturated/α-hetero) is 1. The van der Waals surface area contributed by atoms with E-state index in [-0.39, 0.29) is 5.78 Å². The van der Waals surface area contributed by atoms with E-state index in [2.05, 4.69) is 4.99 Å². The fourth-order valence-corrected chi connectivity index (χ4v) is 1.22. The quantitative estimate of drug-likeness (QED) is 0.353. The van der Waals surface area contributed by atoms with E-state index >= 15 is 0 Å². The molecule has 2 radical (unpaired) electrons. The molecule has 0 aromatic rings. The summed E-state index contributed by atoms with van der Waals surface area (Å²) in [5.74, 6) is 0.172. The van der Waals surface area contributed by atoms with Gasteiger partial charge in [0, 0.05) is 25.8 Å². The van der Waals surface area contributed by atoms with E-state index in [1.54, 1.807) is 14.0 Å². The lowest BCUT2D eigenvalue weighted by molar-refractivity contribution is -0.115. The normalized spacial score (nSPS) is 11.8. The van der Waals surface area contributed by atoms with Gasteiger partial charge in [0.2, 0.25) is 9.76 Å². The number of carbonyl (C=O) groups is 1.